The van der Waals surface area contributed by atoms with E-state index >= 15 is 0 Å². The number of halogens is 6. The van der Waals surface area contributed by atoms with E-state index in [0.29, 0.717) is 23.7 Å². The van der Waals surface area contributed by atoms with Crippen LogP contribution in [-0.4, -0.2) is 54.1 Å². The van der Waals surface area contributed by atoms with Crippen molar-refractivity contribution in [1.29, 1.82) is 0 Å². The van der Waals surface area contributed by atoms with Gasteiger partial charge in [-0.25, -0.2) is 4.98 Å². The van der Waals surface area contributed by atoms with Gasteiger partial charge in [0.1, 0.15) is 17.1 Å². The van der Waals surface area contributed by atoms with Gasteiger partial charge in [0.05, 0.1) is 5.56 Å². The molecule has 0 aliphatic carbocycles. The number of nitrogens with one attached hydrogen (secondary N) is 1. The van der Waals surface area contributed by atoms with Crippen LogP contribution in [-0.2, 0) is 4.74 Å². The number of anilines is 1. The van der Waals surface area contributed by atoms with Gasteiger partial charge in [-0.1, -0.05) is 6.07 Å². The molecular weight excluding hydrogens is 474 g/mol. The van der Waals surface area contributed by atoms with Crippen molar-refractivity contribution >= 4 is 28.5 Å². The van der Waals surface area contributed by atoms with Crippen LogP contribution in [0.15, 0.2) is 28.1 Å². The molecule has 2 aromatic heterocycles. The number of nitrogens with zero attached hydrogens (tertiary/aromatic N) is 3. The van der Waals surface area contributed by atoms with E-state index in [-0.39, 0.29) is 29.2 Å². The van der Waals surface area contributed by atoms with Gasteiger partial charge in [0, 0.05) is 42.3 Å². The summed E-state index contributed by atoms with van der Waals surface area (Å²) in [5.41, 5.74) is -0.270. The number of aromatic nitrogens is 2. The highest BCUT2D eigenvalue weighted by Gasteiger charge is 2.46. The molecule has 1 aromatic carbocycles. The fourth-order valence-electron chi connectivity index (χ4n) is 4.38. The number of fused-ring (bicyclic) bond motifs is 3. The Kier molecular flexibility index (Phi) is 5.52. The lowest BCUT2D eigenvalue weighted by molar-refractivity contribution is -0.257. The van der Waals surface area contributed by atoms with Gasteiger partial charge in [-0.3, -0.25) is 0 Å². The van der Waals surface area contributed by atoms with Gasteiger partial charge < -0.3 is 19.4 Å². The molecule has 178 valence electrons. The van der Waals surface area contributed by atoms with Crippen LogP contribution in [0.3, 0.4) is 0 Å². The third kappa shape index (κ3) is 4.53. The number of hydrogen-bond donors (Lipinski definition) is 1. The van der Waals surface area contributed by atoms with Gasteiger partial charge >= 0.3 is 12.4 Å². The topological polar surface area (TPSA) is 63.4 Å². The molecule has 33 heavy (non-hydrogen) atoms. The second kappa shape index (κ2) is 8.13. The first-order valence-electron chi connectivity index (χ1n) is 10.2. The van der Waals surface area contributed by atoms with Gasteiger partial charge in [0.25, 0.3) is 6.01 Å². The molecule has 0 saturated carbocycles. The molecule has 5 rings (SSSR count). The Balaban J connectivity index is 1.61. The maximum Gasteiger partial charge on any atom is 0.418 e. The SMILES string of the molecule is FC(F)(F)COC(c1ccc(-c2nccs2)c2oc(N3CC4CCC(C3)N4)nc12)C(F)(F)F. The summed E-state index contributed by atoms with van der Waals surface area (Å²) in [4.78, 5) is 10.4. The summed E-state index contributed by atoms with van der Waals surface area (Å²) >= 11 is 1.26. The highest BCUT2D eigenvalue weighted by Crippen LogP contribution is 2.43. The molecule has 0 amide bonds. The maximum absolute atomic E-state index is 13.8. The standard InChI is InChI=1S/C20H18F6N4O2S/c21-19(22,23)9-31-16(20(24,25)26)12-3-4-13(17-27-5-6-33-17)15-14(12)29-18(32-15)30-7-10-1-2-11(8-30)28-10/h3-6,10-11,16,28H,1-2,7-9H2. The lowest BCUT2D eigenvalue weighted by Crippen LogP contribution is -2.51. The summed E-state index contributed by atoms with van der Waals surface area (Å²) in [6.07, 6.45) is -9.34. The van der Waals surface area contributed by atoms with Crippen molar-refractivity contribution in [3.05, 3.63) is 29.3 Å². The number of oxazole rings is 1. The second-order valence-electron chi connectivity index (χ2n) is 8.10. The van der Waals surface area contributed by atoms with E-state index in [1.807, 2.05) is 4.90 Å². The molecule has 13 heteroatoms. The molecule has 6 nitrogen and oxygen atoms in total. The average molecular weight is 492 g/mol. The number of hydrogen-bond acceptors (Lipinski definition) is 7. The largest absolute Gasteiger partial charge is 0.423 e. The number of benzene rings is 1. The molecule has 3 unspecified atom stereocenters. The van der Waals surface area contributed by atoms with Crippen molar-refractivity contribution < 1.29 is 35.5 Å². The zero-order valence-corrected chi connectivity index (χ0v) is 17.7. The highest BCUT2D eigenvalue weighted by atomic mass is 32.1. The van der Waals surface area contributed by atoms with Crippen LogP contribution in [0.4, 0.5) is 32.4 Å². The van der Waals surface area contributed by atoms with E-state index in [1.54, 1.807) is 5.38 Å². The molecule has 2 aliphatic heterocycles. The Labute approximate surface area is 187 Å². The molecule has 3 atom stereocenters. The number of ether oxygens (including phenoxy) is 1. The highest BCUT2D eigenvalue weighted by molar-refractivity contribution is 7.13. The van der Waals surface area contributed by atoms with Crippen molar-refractivity contribution in [3.63, 3.8) is 0 Å². The number of piperazine rings is 1. The molecule has 2 aliphatic rings. The van der Waals surface area contributed by atoms with Crippen molar-refractivity contribution in [2.45, 2.75) is 43.4 Å². The van der Waals surface area contributed by atoms with Crippen LogP contribution < -0.4 is 10.2 Å². The smallest absolute Gasteiger partial charge is 0.418 e. The lowest BCUT2D eigenvalue weighted by atomic mass is 10.0. The fraction of sp³-hybridized carbons (Fsp3) is 0.500. The molecule has 2 bridgehead atoms. The van der Waals surface area contributed by atoms with Crippen molar-refractivity contribution in [1.82, 2.24) is 15.3 Å². The Morgan fingerprint density at radius 2 is 1.88 bits per heavy atom. The van der Waals surface area contributed by atoms with E-state index in [4.69, 9.17) is 4.42 Å². The van der Waals surface area contributed by atoms with E-state index < -0.39 is 30.6 Å². The van der Waals surface area contributed by atoms with Gasteiger partial charge in [-0.05, 0) is 18.9 Å². The van der Waals surface area contributed by atoms with Crippen LogP contribution in [0.2, 0.25) is 0 Å². The maximum atomic E-state index is 13.8. The average Bonchev–Trinajstić information content (AvgIpc) is 3.46. The second-order valence-corrected chi connectivity index (χ2v) is 9.00. The minimum atomic E-state index is -5.09. The molecular formula is C20H18F6N4O2S. The van der Waals surface area contributed by atoms with E-state index in [2.05, 4.69) is 20.0 Å². The molecule has 3 aromatic rings. The molecule has 2 saturated heterocycles. The number of thiazole rings is 1. The van der Waals surface area contributed by atoms with Gasteiger partial charge in [-0.15, -0.1) is 11.3 Å². The monoisotopic (exact) mass is 492 g/mol. The quantitative estimate of drug-likeness (QED) is 0.502. The zero-order valence-electron chi connectivity index (χ0n) is 16.9. The Morgan fingerprint density at radius 3 is 2.48 bits per heavy atom. The summed E-state index contributed by atoms with van der Waals surface area (Å²) in [7, 11) is 0. The van der Waals surface area contributed by atoms with E-state index in [1.165, 1.54) is 23.6 Å². The summed E-state index contributed by atoms with van der Waals surface area (Å²) in [6.45, 7) is -0.907. The van der Waals surface area contributed by atoms with Crippen LogP contribution >= 0.6 is 11.3 Å². The van der Waals surface area contributed by atoms with E-state index in [9.17, 15) is 26.3 Å². The normalized spacial score (nSPS) is 22.3. The third-order valence-electron chi connectivity index (χ3n) is 5.71. The van der Waals surface area contributed by atoms with Gasteiger partial charge in [0.15, 0.2) is 11.7 Å². The summed E-state index contributed by atoms with van der Waals surface area (Å²) < 4.78 is 89.6. The first-order chi connectivity index (χ1) is 15.6. The van der Waals surface area contributed by atoms with Crippen LogP contribution in [0.1, 0.15) is 24.5 Å². The van der Waals surface area contributed by atoms with Crippen LogP contribution in [0.25, 0.3) is 21.7 Å². The Bertz CT molecular complexity index is 1120. The van der Waals surface area contributed by atoms with Crippen LogP contribution in [0.5, 0.6) is 0 Å². The minimum Gasteiger partial charge on any atom is -0.423 e. The zero-order chi connectivity index (χ0) is 23.4. The van der Waals surface area contributed by atoms with Crippen molar-refractivity contribution in [2.75, 3.05) is 24.6 Å². The molecule has 0 radical (unpaired) electrons. The molecule has 2 fully saturated rings. The Hall–Kier alpha value is -2.38. The summed E-state index contributed by atoms with van der Waals surface area (Å²) in [6, 6.07) is 3.00. The predicted molar refractivity (Wildman–Crippen MR) is 108 cm³/mol. The Morgan fingerprint density at radius 1 is 1.15 bits per heavy atom. The van der Waals surface area contributed by atoms with Crippen LogP contribution in [0, 0.1) is 0 Å². The van der Waals surface area contributed by atoms with Crippen molar-refractivity contribution in [3.8, 4) is 10.6 Å². The summed E-state index contributed by atoms with van der Waals surface area (Å²) in [5, 5.41) is 5.64. The van der Waals surface area contributed by atoms with Gasteiger partial charge in [0.2, 0.25) is 0 Å². The number of rotatable bonds is 5. The third-order valence-corrected chi connectivity index (χ3v) is 6.51. The summed E-state index contributed by atoms with van der Waals surface area (Å²) in [5.74, 6) is 0. The first-order valence-corrected chi connectivity index (χ1v) is 11.1. The van der Waals surface area contributed by atoms with Gasteiger partial charge in [-0.2, -0.15) is 31.3 Å². The lowest BCUT2D eigenvalue weighted by Gasteiger charge is -2.31. The minimum absolute atomic E-state index is 0.0354. The van der Waals surface area contributed by atoms with Crippen molar-refractivity contribution in [2.24, 2.45) is 0 Å². The van der Waals surface area contributed by atoms with E-state index in [0.717, 1.165) is 18.9 Å². The molecule has 4 heterocycles. The predicted octanol–water partition coefficient (Wildman–Crippen LogP) is 5.07. The molecule has 0 spiro atoms. The molecule has 1 N–H and O–H groups in total. The fourth-order valence-corrected chi connectivity index (χ4v) is 5.04. The first kappa shape index (κ1) is 22.4. The number of alkyl halides is 6.